The summed E-state index contributed by atoms with van der Waals surface area (Å²) < 4.78 is 5.84. The van der Waals surface area contributed by atoms with Crippen LogP contribution in [-0.2, 0) is 18.6 Å². The molecule has 1 atom stereocenters. The largest absolute Gasteiger partial charge is 0.410 e. The van der Waals surface area contributed by atoms with Crippen LogP contribution in [0.3, 0.4) is 0 Å². The third-order valence-electron chi connectivity index (χ3n) is 4.39. The lowest BCUT2D eigenvalue weighted by Crippen LogP contribution is -2.07. The van der Waals surface area contributed by atoms with E-state index in [9.17, 15) is 0 Å². The van der Waals surface area contributed by atoms with Gasteiger partial charge >= 0.3 is 0 Å². The number of hydrogen-bond acceptors (Lipinski definition) is 6. The van der Waals surface area contributed by atoms with Crippen molar-refractivity contribution in [3.05, 3.63) is 51.9 Å². The smallest absolute Gasteiger partial charge is 0.277 e. The molecule has 0 radical (unpaired) electrons. The highest BCUT2D eigenvalue weighted by molar-refractivity contribution is 7.98. The molecule has 1 aliphatic carbocycles. The Morgan fingerprint density at radius 1 is 1.32 bits per heavy atom. The van der Waals surface area contributed by atoms with E-state index >= 15 is 0 Å². The van der Waals surface area contributed by atoms with Crippen LogP contribution in [0.2, 0.25) is 0 Å². The summed E-state index contributed by atoms with van der Waals surface area (Å²) in [6.07, 6.45) is 3.58. The first-order valence-corrected chi connectivity index (χ1v) is 10.1. The number of thiophene rings is 1. The first kappa shape index (κ1) is 16.4. The lowest BCUT2D eigenvalue weighted by atomic mass is 9.90. The Bertz CT molecular complexity index is 921. The van der Waals surface area contributed by atoms with E-state index in [0.29, 0.717) is 16.7 Å². The Morgan fingerprint density at radius 3 is 2.96 bits per heavy atom. The average Bonchev–Trinajstić information content (AvgIpc) is 3.26. The van der Waals surface area contributed by atoms with Gasteiger partial charge in [-0.1, -0.05) is 30.8 Å². The molecule has 2 aromatic heterocycles. The monoisotopic (exact) mass is 367 g/mol. The molecule has 0 saturated carbocycles. The molecular weight excluding hydrogens is 350 g/mol. The number of aromatic nitrogens is 2. The maximum Gasteiger partial charge on any atom is 0.277 e. The summed E-state index contributed by atoms with van der Waals surface area (Å²) >= 11 is 3.31. The van der Waals surface area contributed by atoms with Gasteiger partial charge in [0.2, 0.25) is 0 Å². The summed E-state index contributed by atoms with van der Waals surface area (Å²) in [4.78, 5) is 2.55. The van der Waals surface area contributed by atoms with Crippen LogP contribution in [0.5, 0.6) is 0 Å². The summed E-state index contributed by atoms with van der Waals surface area (Å²) in [5.74, 6) is 2.12. The van der Waals surface area contributed by atoms with E-state index < -0.39 is 0 Å². The van der Waals surface area contributed by atoms with Crippen molar-refractivity contribution in [3.8, 4) is 16.8 Å². The summed E-state index contributed by atoms with van der Waals surface area (Å²) in [7, 11) is 0. The predicted octanol–water partition coefficient (Wildman–Crippen LogP) is 5.09. The zero-order valence-corrected chi connectivity index (χ0v) is 15.5. The van der Waals surface area contributed by atoms with Gasteiger partial charge in [0, 0.05) is 10.6 Å². The van der Waals surface area contributed by atoms with Crippen molar-refractivity contribution in [1.82, 2.24) is 10.2 Å². The van der Waals surface area contributed by atoms with E-state index in [2.05, 4.69) is 29.3 Å². The molecule has 126 valence electrons. The van der Waals surface area contributed by atoms with E-state index in [1.54, 1.807) is 11.3 Å². The Hall–Kier alpha value is -2.10. The Balaban J connectivity index is 1.44. The number of hydrogen-bond donors (Lipinski definition) is 0. The SMILES string of the molecule is C[C@H]1CCc2sc(-c3nnc(SCc4ccc(C#N)cc4)o3)cc2C1. The van der Waals surface area contributed by atoms with Crippen LogP contribution in [0.15, 0.2) is 40.0 Å². The number of benzene rings is 1. The maximum absolute atomic E-state index is 8.84. The van der Waals surface area contributed by atoms with Gasteiger partial charge < -0.3 is 4.42 Å². The Morgan fingerprint density at radius 2 is 2.16 bits per heavy atom. The zero-order chi connectivity index (χ0) is 17.2. The van der Waals surface area contributed by atoms with Crippen LogP contribution >= 0.6 is 23.1 Å². The molecule has 0 fully saturated rings. The molecule has 0 saturated heterocycles. The second kappa shape index (κ2) is 7.03. The minimum Gasteiger partial charge on any atom is -0.410 e. The molecule has 4 rings (SSSR count). The number of aryl methyl sites for hydroxylation is 1. The third-order valence-corrected chi connectivity index (χ3v) is 6.51. The molecule has 0 unspecified atom stereocenters. The second-order valence-electron chi connectivity index (χ2n) is 6.38. The van der Waals surface area contributed by atoms with Crippen LogP contribution in [0.4, 0.5) is 0 Å². The van der Waals surface area contributed by atoms with Gasteiger partial charge in [0.05, 0.1) is 16.5 Å². The summed E-state index contributed by atoms with van der Waals surface area (Å²) in [5, 5.41) is 17.8. The molecule has 0 bridgehead atoms. The van der Waals surface area contributed by atoms with Gasteiger partial charge in [0.25, 0.3) is 11.1 Å². The van der Waals surface area contributed by atoms with Gasteiger partial charge in [0.1, 0.15) is 0 Å². The van der Waals surface area contributed by atoms with Crippen LogP contribution in [0.25, 0.3) is 10.8 Å². The van der Waals surface area contributed by atoms with Gasteiger partial charge in [-0.2, -0.15) is 5.26 Å². The van der Waals surface area contributed by atoms with Crippen molar-refractivity contribution in [2.45, 2.75) is 37.2 Å². The molecule has 0 amide bonds. The molecule has 6 heteroatoms. The van der Waals surface area contributed by atoms with Gasteiger partial charge in [-0.05, 0) is 54.5 Å². The van der Waals surface area contributed by atoms with Crippen molar-refractivity contribution < 1.29 is 4.42 Å². The first-order chi connectivity index (χ1) is 12.2. The molecule has 2 heterocycles. The number of fused-ring (bicyclic) bond motifs is 1. The topological polar surface area (TPSA) is 62.7 Å². The minimum atomic E-state index is 0.582. The molecule has 0 spiro atoms. The first-order valence-electron chi connectivity index (χ1n) is 8.28. The predicted molar refractivity (Wildman–Crippen MR) is 99.5 cm³/mol. The number of thioether (sulfide) groups is 1. The van der Waals surface area contributed by atoms with Crippen molar-refractivity contribution in [2.24, 2.45) is 5.92 Å². The van der Waals surface area contributed by atoms with E-state index in [-0.39, 0.29) is 0 Å². The number of nitrogens with zero attached hydrogens (tertiary/aromatic N) is 3. The van der Waals surface area contributed by atoms with Crippen LogP contribution < -0.4 is 0 Å². The average molecular weight is 367 g/mol. The Kier molecular flexibility index (Phi) is 4.60. The Labute approximate surface area is 154 Å². The quantitative estimate of drug-likeness (QED) is 0.601. The number of nitriles is 1. The highest BCUT2D eigenvalue weighted by Crippen LogP contribution is 2.37. The lowest BCUT2D eigenvalue weighted by Gasteiger charge is -2.16. The van der Waals surface area contributed by atoms with E-state index in [1.165, 1.54) is 28.6 Å². The van der Waals surface area contributed by atoms with Crippen LogP contribution in [0, 0.1) is 17.2 Å². The van der Waals surface area contributed by atoms with Gasteiger partial charge in [-0.3, -0.25) is 0 Å². The molecule has 1 aromatic carbocycles. The minimum absolute atomic E-state index is 0.582. The molecule has 0 N–H and O–H groups in total. The lowest BCUT2D eigenvalue weighted by molar-refractivity contribution is 0.466. The standard InChI is InChI=1S/C19H17N3OS2/c1-12-2-7-16-15(8-12)9-17(25-16)18-21-22-19(23-18)24-11-14-5-3-13(10-20)4-6-14/h3-6,9,12H,2,7-8,11H2,1H3/t12-/m0/s1. The van der Waals surface area contributed by atoms with E-state index in [1.807, 2.05) is 24.3 Å². The molecule has 1 aliphatic rings. The fourth-order valence-electron chi connectivity index (χ4n) is 3.00. The summed E-state index contributed by atoms with van der Waals surface area (Å²) in [6.45, 7) is 2.31. The molecule has 0 aliphatic heterocycles. The normalized spacial score (nSPS) is 16.4. The van der Waals surface area contributed by atoms with Crippen molar-refractivity contribution in [2.75, 3.05) is 0 Å². The fourth-order valence-corrected chi connectivity index (χ4v) is 4.85. The van der Waals surface area contributed by atoms with Crippen molar-refractivity contribution in [1.29, 1.82) is 5.26 Å². The molecule has 25 heavy (non-hydrogen) atoms. The van der Waals surface area contributed by atoms with E-state index in [4.69, 9.17) is 9.68 Å². The second-order valence-corrected chi connectivity index (χ2v) is 8.44. The molecular formula is C19H17N3OS2. The highest BCUT2D eigenvalue weighted by Gasteiger charge is 2.21. The van der Waals surface area contributed by atoms with Gasteiger partial charge in [-0.25, -0.2) is 0 Å². The summed E-state index contributed by atoms with van der Waals surface area (Å²) in [6, 6.07) is 11.9. The van der Waals surface area contributed by atoms with Crippen LogP contribution in [0.1, 0.15) is 34.9 Å². The van der Waals surface area contributed by atoms with E-state index in [0.717, 1.165) is 35.0 Å². The molecule has 4 nitrogen and oxygen atoms in total. The highest BCUT2D eigenvalue weighted by atomic mass is 32.2. The van der Waals surface area contributed by atoms with Gasteiger partial charge in [0.15, 0.2) is 0 Å². The van der Waals surface area contributed by atoms with Gasteiger partial charge in [-0.15, -0.1) is 21.5 Å². The third kappa shape index (κ3) is 3.63. The maximum atomic E-state index is 8.84. The zero-order valence-electron chi connectivity index (χ0n) is 13.9. The fraction of sp³-hybridized carbons (Fsp3) is 0.316. The van der Waals surface area contributed by atoms with Crippen molar-refractivity contribution in [3.63, 3.8) is 0 Å². The summed E-state index contributed by atoms with van der Waals surface area (Å²) in [5.41, 5.74) is 3.25. The molecule has 3 aromatic rings. The number of rotatable bonds is 4. The van der Waals surface area contributed by atoms with Crippen molar-refractivity contribution >= 4 is 23.1 Å². The van der Waals surface area contributed by atoms with Crippen LogP contribution in [-0.4, -0.2) is 10.2 Å².